The Bertz CT molecular complexity index is 390. The minimum atomic E-state index is -2.71. The molecule has 1 saturated heterocycles. The second-order valence-electron chi connectivity index (χ2n) is 7.74. The van der Waals surface area contributed by atoms with Crippen LogP contribution in [-0.4, -0.2) is 88.9 Å². The topological polar surface area (TPSA) is 54.4 Å². The first-order chi connectivity index (χ1) is 12.5. The number of hydrogen-bond acceptors (Lipinski definition) is 6. The Kier molecular flexibility index (Phi) is 8.99. The lowest BCUT2D eigenvalue weighted by Gasteiger charge is -2.46. The molecule has 0 radical (unpaired) electrons. The average Bonchev–Trinajstić information content (AvgIpc) is 2.63. The third kappa shape index (κ3) is 5.28. The van der Waals surface area contributed by atoms with Crippen molar-refractivity contribution in [1.29, 1.82) is 0 Å². The largest absolute Gasteiger partial charge is 0.504 e. The Labute approximate surface area is 161 Å². The van der Waals surface area contributed by atoms with Gasteiger partial charge in [0.15, 0.2) is 0 Å². The van der Waals surface area contributed by atoms with Crippen LogP contribution in [0.25, 0.3) is 0 Å². The normalized spacial score (nSPS) is 30.5. The van der Waals surface area contributed by atoms with Crippen LogP contribution in [0.2, 0.25) is 5.54 Å². The summed E-state index contributed by atoms with van der Waals surface area (Å²) in [6.07, 6.45) is 2.67. The van der Waals surface area contributed by atoms with Gasteiger partial charge in [-0.3, -0.25) is 4.90 Å². The first-order valence-electron chi connectivity index (χ1n) is 10.5. The molecule has 2 aliphatic rings. The van der Waals surface area contributed by atoms with Crippen LogP contribution in [0.1, 0.15) is 47.0 Å². The molecular weight excluding hydrogens is 348 g/mol. The Hall–Kier alpha value is -0.0231. The molecule has 1 saturated carbocycles. The molecule has 1 aliphatic carbocycles. The number of hydrogen-bond donors (Lipinski definition) is 1. The fourth-order valence-corrected chi connectivity index (χ4v) is 7.70. The van der Waals surface area contributed by atoms with Gasteiger partial charge in [0.1, 0.15) is 0 Å². The molecule has 26 heavy (non-hydrogen) atoms. The highest BCUT2D eigenvalue weighted by Gasteiger charge is 2.51. The molecule has 6 nitrogen and oxygen atoms in total. The van der Waals surface area contributed by atoms with Crippen molar-refractivity contribution >= 4 is 8.80 Å². The summed E-state index contributed by atoms with van der Waals surface area (Å²) in [5, 5.41) is 10.7. The van der Waals surface area contributed by atoms with Crippen molar-refractivity contribution in [2.24, 2.45) is 5.92 Å². The predicted octanol–water partition coefficient (Wildman–Crippen LogP) is 2.20. The fourth-order valence-electron chi connectivity index (χ4n) is 4.57. The zero-order chi connectivity index (χ0) is 19.2. The van der Waals surface area contributed by atoms with Crippen molar-refractivity contribution in [2.75, 3.05) is 53.0 Å². The number of nitrogens with zero attached hydrogens (tertiary/aromatic N) is 2. The summed E-state index contributed by atoms with van der Waals surface area (Å²) < 4.78 is 18.5. The minimum absolute atomic E-state index is 0.218. The van der Waals surface area contributed by atoms with E-state index in [0.29, 0.717) is 25.7 Å². The number of rotatable bonds is 9. The van der Waals surface area contributed by atoms with E-state index in [4.69, 9.17) is 13.3 Å². The lowest BCUT2D eigenvalue weighted by atomic mass is 9.81. The SMILES string of the molecule is CCO[Si](OCC)(OCC)C(C)C1CCC(O)C(N2CCN(C)CC2)C1. The molecule has 0 spiro atoms. The average molecular weight is 389 g/mol. The first-order valence-corrected chi connectivity index (χ1v) is 12.3. The van der Waals surface area contributed by atoms with Gasteiger partial charge in [-0.05, 0) is 53.0 Å². The lowest BCUT2D eigenvalue weighted by Crippen LogP contribution is -2.57. The molecule has 2 fully saturated rings. The Balaban J connectivity index is 2.09. The maximum Gasteiger partial charge on any atom is 0.504 e. The molecule has 0 aromatic heterocycles. The van der Waals surface area contributed by atoms with E-state index in [0.717, 1.165) is 45.4 Å². The zero-order valence-corrected chi connectivity index (χ0v) is 18.4. The molecular formula is C19H40N2O4Si. The molecule has 7 heteroatoms. The zero-order valence-electron chi connectivity index (χ0n) is 17.4. The highest BCUT2D eigenvalue weighted by atomic mass is 28.4. The van der Waals surface area contributed by atoms with Crippen molar-refractivity contribution in [3.05, 3.63) is 0 Å². The first kappa shape index (κ1) is 22.3. The molecule has 154 valence electrons. The number of aliphatic hydroxyl groups is 1. The molecule has 4 atom stereocenters. The second kappa shape index (κ2) is 10.5. The van der Waals surface area contributed by atoms with Crippen molar-refractivity contribution < 1.29 is 18.4 Å². The molecule has 0 bridgehead atoms. The van der Waals surface area contributed by atoms with Crippen molar-refractivity contribution in [2.45, 2.75) is 64.6 Å². The molecule has 1 heterocycles. The van der Waals surface area contributed by atoms with E-state index < -0.39 is 8.80 Å². The third-order valence-electron chi connectivity index (χ3n) is 6.13. The molecule has 0 amide bonds. The van der Waals surface area contributed by atoms with Gasteiger partial charge in [-0.1, -0.05) is 6.92 Å². The third-order valence-corrected chi connectivity index (χ3v) is 9.79. The standard InChI is InChI=1S/C19H40N2O4Si/c1-6-23-26(24-7-2,25-8-3)16(4)17-9-10-19(22)18(15-17)21-13-11-20(5)12-14-21/h16-19,22H,6-15H2,1-5H3. The lowest BCUT2D eigenvalue weighted by molar-refractivity contribution is -0.0213. The summed E-state index contributed by atoms with van der Waals surface area (Å²) in [5.74, 6) is 0.472. The van der Waals surface area contributed by atoms with Crippen LogP contribution in [0.5, 0.6) is 0 Å². The van der Waals surface area contributed by atoms with E-state index in [2.05, 4.69) is 23.8 Å². The highest BCUT2D eigenvalue weighted by Crippen LogP contribution is 2.42. The molecule has 0 aromatic rings. The molecule has 1 aliphatic heterocycles. The van der Waals surface area contributed by atoms with Gasteiger partial charge in [0.2, 0.25) is 0 Å². The van der Waals surface area contributed by atoms with Crippen molar-refractivity contribution in [3.63, 3.8) is 0 Å². The summed E-state index contributed by atoms with van der Waals surface area (Å²) >= 11 is 0. The van der Waals surface area contributed by atoms with E-state index in [-0.39, 0.29) is 17.7 Å². The van der Waals surface area contributed by atoms with Gasteiger partial charge in [-0.15, -0.1) is 0 Å². The van der Waals surface area contributed by atoms with Gasteiger partial charge in [0.25, 0.3) is 0 Å². The van der Waals surface area contributed by atoms with Gasteiger partial charge in [-0.2, -0.15) is 0 Å². The summed E-state index contributed by atoms with van der Waals surface area (Å²) in [5.41, 5.74) is 0.254. The van der Waals surface area contributed by atoms with Crippen LogP contribution in [-0.2, 0) is 13.3 Å². The maximum absolute atomic E-state index is 10.7. The molecule has 4 unspecified atom stereocenters. The Morgan fingerprint density at radius 1 is 0.962 bits per heavy atom. The van der Waals surface area contributed by atoms with E-state index in [1.165, 1.54) is 0 Å². The van der Waals surface area contributed by atoms with Crippen LogP contribution < -0.4 is 0 Å². The number of piperazine rings is 1. The highest BCUT2D eigenvalue weighted by molar-refractivity contribution is 6.62. The van der Waals surface area contributed by atoms with Gasteiger partial charge in [0, 0.05) is 57.6 Å². The van der Waals surface area contributed by atoms with E-state index in [9.17, 15) is 5.11 Å². The summed E-state index contributed by atoms with van der Waals surface area (Å²) in [7, 11) is -0.534. The van der Waals surface area contributed by atoms with Gasteiger partial charge < -0.3 is 23.3 Å². The second-order valence-corrected chi connectivity index (χ2v) is 10.7. The summed E-state index contributed by atoms with van der Waals surface area (Å²) in [4.78, 5) is 4.86. The minimum Gasteiger partial charge on any atom is -0.391 e. The van der Waals surface area contributed by atoms with Crippen LogP contribution in [0.3, 0.4) is 0 Å². The molecule has 2 rings (SSSR count). The summed E-state index contributed by atoms with van der Waals surface area (Å²) in [6, 6.07) is 0.251. The van der Waals surface area contributed by atoms with E-state index in [1.807, 2.05) is 20.8 Å². The van der Waals surface area contributed by atoms with Gasteiger partial charge >= 0.3 is 8.80 Å². The van der Waals surface area contributed by atoms with E-state index >= 15 is 0 Å². The maximum atomic E-state index is 10.7. The Morgan fingerprint density at radius 2 is 1.50 bits per heavy atom. The summed E-state index contributed by atoms with van der Waals surface area (Å²) in [6.45, 7) is 14.4. The van der Waals surface area contributed by atoms with Gasteiger partial charge in [0.05, 0.1) is 6.10 Å². The number of aliphatic hydroxyl groups excluding tert-OH is 1. The Morgan fingerprint density at radius 3 is 2.00 bits per heavy atom. The molecule has 0 aromatic carbocycles. The molecule has 1 N–H and O–H groups in total. The van der Waals surface area contributed by atoms with Crippen LogP contribution in [0, 0.1) is 5.92 Å². The van der Waals surface area contributed by atoms with Gasteiger partial charge in [-0.25, -0.2) is 0 Å². The van der Waals surface area contributed by atoms with Crippen molar-refractivity contribution in [3.8, 4) is 0 Å². The fraction of sp³-hybridized carbons (Fsp3) is 1.00. The van der Waals surface area contributed by atoms with Crippen molar-refractivity contribution in [1.82, 2.24) is 9.80 Å². The van der Waals surface area contributed by atoms with Crippen LogP contribution in [0.4, 0.5) is 0 Å². The van der Waals surface area contributed by atoms with E-state index in [1.54, 1.807) is 0 Å². The van der Waals surface area contributed by atoms with Crippen LogP contribution >= 0.6 is 0 Å². The number of likely N-dealkylation sites (N-methyl/N-ethyl adjacent to an activating group) is 1. The monoisotopic (exact) mass is 388 g/mol. The smallest absolute Gasteiger partial charge is 0.391 e. The van der Waals surface area contributed by atoms with Crippen LogP contribution in [0.15, 0.2) is 0 Å². The predicted molar refractivity (Wildman–Crippen MR) is 106 cm³/mol. The quantitative estimate of drug-likeness (QED) is 0.611.